The van der Waals surface area contributed by atoms with Crippen LogP contribution < -0.4 is 11.1 Å². The van der Waals surface area contributed by atoms with Crippen LogP contribution in [-0.4, -0.2) is 22.2 Å². The molecule has 1 aromatic heterocycles. The summed E-state index contributed by atoms with van der Waals surface area (Å²) in [5.74, 6) is 0.397. The first-order chi connectivity index (χ1) is 10.0. The average molecular weight is 323 g/mol. The summed E-state index contributed by atoms with van der Waals surface area (Å²) < 4.78 is 1.82. The van der Waals surface area contributed by atoms with Gasteiger partial charge in [-0.05, 0) is 13.8 Å². The number of hydrogen-bond donors (Lipinski definition) is 2. The van der Waals surface area contributed by atoms with Gasteiger partial charge >= 0.3 is 0 Å². The monoisotopic (exact) mass is 322 g/mol. The second kappa shape index (κ2) is 7.96. The van der Waals surface area contributed by atoms with Gasteiger partial charge in [-0.15, -0.1) is 12.4 Å². The van der Waals surface area contributed by atoms with Crippen LogP contribution in [0.15, 0.2) is 36.4 Å². The maximum Gasteiger partial charge on any atom is 0.229 e. The number of nitrogens with two attached hydrogens (primary N) is 1. The summed E-state index contributed by atoms with van der Waals surface area (Å²) in [5, 5.41) is 7.50. The predicted octanol–water partition coefficient (Wildman–Crippen LogP) is 3.09. The molecule has 0 aliphatic heterocycles. The molecule has 0 aliphatic rings. The fraction of sp³-hybridized carbons (Fsp3) is 0.375. The lowest BCUT2D eigenvalue weighted by molar-refractivity contribution is -0.119. The zero-order chi connectivity index (χ0) is 15.4. The molecule has 120 valence electrons. The van der Waals surface area contributed by atoms with E-state index in [1.165, 1.54) is 0 Å². The van der Waals surface area contributed by atoms with E-state index < -0.39 is 0 Å². The van der Waals surface area contributed by atoms with Crippen LogP contribution in [-0.2, 0) is 4.79 Å². The molecule has 1 aromatic carbocycles. The molecule has 0 saturated carbocycles. The molecule has 5 nitrogen and oxygen atoms in total. The van der Waals surface area contributed by atoms with Gasteiger partial charge in [0.05, 0.1) is 5.69 Å². The van der Waals surface area contributed by atoms with Crippen molar-refractivity contribution in [1.82, 2.24) is 9.78 Å². The van der Waals surface area contributed by atoms with Crippen LogP contribution in [0.2, 0.25) is 0 Å². The van der Waals surface area contributed by atoms with Crippen LogP contribution in [0.3, 0.4) is 0 Å². The summed E-state index contributed by atoms with van der Waals surface area (Å²) >= 11 is 0. The van der Waals surface area contributed by atoms with Crippen molar-refractivity contribution in [2.24, 2.45) is 11.7 Å². The topological polar surface area (TPSA) is 72.9 Å². The second-order valence-corrected chi connectivity index (χ2v) is 5.45. The van der Waals surface area contributed by atoms with E-state index >= 15 is 0 Å². The van der Waals surface area contributed by atoms with Gasteiger partial charge in [-0.25, -0.2) is 4.68 Å². The molecule has 1 unspecified atom stereocenters. The van der Waals surface area contributed by atoms with Gasteiger partial charge in [-0.3, -0.25) is 4.79 Å². The SMILES string of the molecule is CC(CN)C(=O)Nc1cc(-c2ccccc2)nn1C(C)C.Cl. The van der Waals surface area contributed by atoms with Gasteiger partial charge in [0.1, 0.15) is 5.82 Å². The molecule has 0 spiro atoms. The Morgan fingerprint density at radius 1 is 1.27 bits per heavy atom. The number of amides is 1. The van der Waals surface area contributed by atoms with Crippen LogP contribution in [0.25, 0.3) is 11.3 Å². The zero-order valence-electron chi connectivity index (χ0n) is 13.1. The van der Waals surface area contributed by atoms with E-state index in [0.29, 0.717) is 12.4 Å². The number of anilines is 1. The predicted molar refractivity (Wildman–Crippen MR) is 92.1 cm³/mol. The third-order valence-corrected chi connectivity index (χ3v) is 3.35. The van der Waals surface area contributed by atoms with E-state index in [1.54, 1.807) is 0 Å². The first kappa shape index (κ1) is 18.2. The van der Waals surface area contributed by atoms with Crippen LogP contribution in [0.4, 0.5) is 5.82 Å². The summed E-state index contributed by atoms with van der Waals surface area (Å²) in [6.45, 7) is 6.20. The van der Waals surface area contributed by atoms with Crippen LogP contribution in [0.5, 0.6) is 0 Å². The molecular formula is C16H23ClN4O. The maximum absolute atomic E-state index is 12.0. The first-order valence-electron chi connectivity index (χ1n) is 7.18. The maximum atomic E-state index is 12.0. The summed E-state index contributed by atoms with van der Waals surface area (Å²) in [7, 11) is 0. The van der Waals surface area contributed by atoms with Crippen molar-refractivity contribution in [1.29, 1.82) is 0 Å². The van der Waals surface area contributed by atoms with Crippen molar-refractivity contribution in [3.05, 3.63) is 36.4 Å². The molecule has 22 heavy (non-hydrogen) atoms. The Kier molecular flexibility index (Phi) is 6.59. The van der Waals surface area contributed by atoms with E-state index in [4.69, 9.17) is 5.73 Å². The van der Waals surface area contributed by atoms with Gasteiger partial charge in [0, 0.05) is 30.1 Å². The normalized spacial score (nSPS) is 11.9. The Morgan fingerprint density at radius 2 is 1.91 bits per heavy atom. The lowest BCUT2D eigenvalue weighted by Crippen LogP contribution is -2.28. The molecular weight excluding hydrogens is 300 g/mol. The number of nitrogens with zero attached hydrogens (tertiary/aromatic N) is 2. The lowest BCUT2D eigenvalue weighted by Gasteiger charge is -2.13. The molecule has 0 radical (unpaired) electrons. The number of carbonyl (C=O) groups is 1. The molecule has 2 aromatic rings. The van der Waals surface area contributed by atoms with Gasteiger partial charge in [0.15, 0.2) is 0 Å². The first-order valence-corrected chi connectivity index (χ1v) is 7.18. The second-order valence-electron chi connectivity index (χ2n) is 5.45. The van der Waals surface area contributed by atoms with Crippen molar-refractivity contribution in [2.45, 2.75) is 26.8 Å². The molecule has 0 aliphatic carbocycles. The summed E-state index contributed by atoms with van der Waals surface area (Å²) in [4.78, 5) is 12.0. The van der Waals surface area contributed by atoms with E-state index in [-0.39, 0.29) is 30.3 Å². The van der Waals surface area contributed by atoms with Crippen molar-refractivity contribution in [3.63, 3.8) is 0 Å². The standard InChI is InChI=1S/C16H22N4O.ClH/c1-11(2)20-15(18-16(21)12(3)10-17)9-14(19-20)13-7-5-4-6-8-13;/h4-9,11-12H,10,17H2,1-3H3,(H,18,21);1H. The average Bonchev–Trinajstić information content (AvgIpc) is 2.91. The van der Waals surface area contributed by atoms with Gasteiger partial charge in [0.25, 0.3) is 0 Å². The highest BCUT2D eigenvalue weighted by molar-refractivity contribution is 5.92. The summed E-state index contributed by atoms with van der Waals surface area (Å²) in [6.07, 6.45) is 0. The number of carbonyl (C=O) groups excluding carboxylic acids is 1. The fourth-order valence-electron chi connectivity index (χ4n) is 1.99. The number of hydrogen-bond acceptors (Lipinski definition) is 3. The van der Waals surface area contributed by atoms with Crippen molar-refractivity contribution >= 4 is 24.1 Å². The van der Waals surface area contributed by atoms with E-state index in [0.717, 1.165) is 11.3 Å². The van der Waals surface area contributed by atoms with Crippen LogP contribution in [0.1, 0.15) is 26.8 Å². The zero-order valence-corrected chi connectivity index (χ0v) is 13.9. The molecule has 0 bridgehead atoms. The van der Waals surface area contributed by atoms with Crippen molar-refractivity contribution in [3.8, 4) is 11.3 Å². The number of benzene rings is 1. The number of halogens is 1. The minimum atomic E-state index is -0.222. The Balaban J connectivity index is 0.00000242. The van der Waals surface area contributed by atoms with Gasteiger partial charge in [0.2, 0.25) is 5.91 Å². The van der Waals surface area contributed by atoms with Crippen LogP contribution in [0, 0.1) is 5.92 Å². The number of rotatable bonds is 5. The van der Waals surface area contributed by atoms with Crippen LogP contribution >= 0.6 is 12.4 Å². The highest BCUT2D eigenvalue weighted by Gasteiger charge is 2.17. The lowest BCUT2D eigenvalue weighted by atomic mass is 10.1. The quantitative estimate of drug-likeness (QED) is 0.888. The van der Waals surface area contributed by atoms with Crippen molar-refractivity contribution < 1.29 is 4.79 Å². The summed E-state index contributed by atoms with van der Waals surface area (Å²) in [6, 6.07) is 12.0. The largest absolute Gasteiger partial charge is 0.330 e. The summed E-state index contributed by atoms with van der Waals surface area (Å²) in [5.41, 5.74) is 7.41. The van der Waals surface area contributed by atoms with Gasteiger partial charge in [-0.2, -0.15) is 5.10 Å². The Morgan fingerprint density at radius 3 is 2.45 bits per heavy atom. The van der Waals surface area contributed by atoms with Gasteiger partial charge in [-0.1, -0.05) is 37.3 Å². The number of aromatic nitrogens is 2. The Bertz CT molecular complexity index is 610. The Hall–Kier alpha value is -1.85. The Labute approximate surface area is 137 Å². The molecule has 1 amide bonds. The van der Waals surface area contributed by atoms with E-state index in [9.17, 15) is 4.79 Å². The molecule has 1 atom stereocenters. The third-order valence-electron chi connectivity index (χ3n) is 3.35. The molecule has 0 fully saturated rings. The molecule has 3 N–H and O–H groups in total. The smallest absolute Gasteiger partial charge is 0.229 e. The molecule has 2 rings (SSSR count). The molecule has 0 saturated heterocycles. The fourth-order valence-corrected chi connectivity index (χ4v) is 1.99. The molecule has 6 heteroatoms. The third kappa shape index (κ3) is 4.08. The van der Waals surface area contributed by atoms with E-state index in [2.05, 4.69) is 10.4 Å². The minimum absolute atomic E-state index is 0. The molecule has 1 heterocycles. The highest BCUT2D eigenvalue weighted by atomic mass is 35.5. The van der Waals surface area contributed by atoms with E-state index in [1.807, 2.05) is 61.9 Å². The minimum Gasteiger partial charge on any atom is -0.330 e. The number of nitrogens with one attached hydrogen (secondary N) is 1. The van der Waals surface area contributed by atoms with Crippen molar-refractivity contribution in [2.75, 3.05) is 11.9 Å². The van der Waals surface area contributed by atoms with Gasteiger partial charge < -0.3 is 11.1 Å². The highest BCUT2D eigenvalue weighted by Crippen LogP contribution is 2.24.